The van der Waals surface area contributed by atoms with Gasteiger partial charge in [-0.1, -0.05) is 20.3 Å². The molecule has 0 aromatic heterocycles. The maximum atomic E-state index is 13.7. The lowest BCUT2D eigenvalue weighted by Gasteiger charge is -2.27. The van der Waals surface area contributed by atoms with Gasteiger partial charge in [0.05, 0.1) is 6.04 Å². The Morgan fingerprint density at radius 1 is 0.480 bits per heavy atom. The number of carboxylic acids is 2. The molecular formula is C46H87N17O12. The Labute approximate surface area is 438 Å². The molecule has 0 spiro atoms. The normalized spacial score (nSPS) is 14.1. The van der Waals surface area contributed by atoms with Crippen LogP contribution in [0, 0.1) is 5.92 Å². The number of guanidine groups is 2. The molecule has 0 heterocycles. The van der Waals surface area contributed by atoms with Gasteiger partial charge in [0.2, 0.25) is 47.3 Å². The fraction of sp³-hybridized carbons (Fsp3) is 0.739. The van der Waals surface area contributed by atoms with Gasteiger partial charge in [-0.25, -0.2) is 4.79 Å². The summed E-state index contributed by atoms with van der Waals surface area (Å²) in [6, 6.07) is -7.94. The fourth-order valence-corrected chi connectivity index (χ4v) is 7.07. The molecule has 29 nitrogen and oxygen atoms in total. The predicted molar refractivity (Wildman–Crippen MR) is 279 cm³/mol. The van der Waals surface area contributed by atoms with E-state index in [0.717, 1.165) is 0 Å². The number of carbonyl (C=O) groups excluding carboxylic acids is 8. The standard InChI is InChI=1S/C46H87N17O12/c1-4-27(2)37(63-42(72)32(19-20-36(66)67)61-39(69)29(49)13-9-25-56-45(50)51)43(73)55-24-11-17-34(64)58-28(3)38(68)60-31(15-6-8-22-48)41(71)62-30(14-5-7-21-47)40(70)54-23-12-18-35(65)59-33(44(74)75)16-10-26-57-46(52)53/h27-33,37H,4-26,47-49H2,1-3H3,(H,54,70)(H,55,73)(H,58,64)(H,59,65)(H,60,68)(H,61,69)(H,62,71)(H,63,72)(H,66,67)(H,74,75)(H4,50,51,56)(H4,52,53,57)/t27-,28-,29-,30-,31-,32-,33-,37-/m0/s1. The second-order valence-electron chi connectivity index (χ2n) is 18.1. The Balaban J connectivity index is 5.52. The molecule has 0 aromatic rings. The summed E-state index contributed by atoms with van der Waals surface area (Å²) in [5.41, 5.74) is 38.5. The Hall–Kier alpha value is -6.88. The highest BCUT2D eigenvalue weighted by atomic mass is 16.4. The summed E-state index contributed by atoms with van der Waals surface area (Å²) in [5, 5.41) is 39.6. The number of aliphatic imine (C=N–C) groups is 2. The number of nitrogens with two attached hydrogens (primary N) is 7. The molecular weight excluding hydrogens is 983 g/mol. The molecule has 75 heavy (non-hydrogen) atoms. The topological polar surface area (TPSA) is 514 Å². The maximum absolute atomic E-state index is 13.7. The maximum Gasteiger partial charge on any atom is 0.326 e. The molecule has 29 heteroatoms. The number of nitrogens with zero attached hydrogens (tertiary/aromatic N) is 2. The molecule has 8 amide bonds. The zero-order valence-corrected chi connectivity index (χ0v) is 43.8. The quantitative estimate of drug-likeness (QED) is 0.0155. The number of carboxylic acid groups (broad SMARTS) is 2. The van der Waals surface area contributed by atoms with E-state index in [4.69, 9.17) is 40.1 Å². The average Bonchev–Trinajstić information content (AvgIpc) is 3.35. The van der Waals surface area contributed by atoms with Gasteiger partial charge in [0.15, 0.2) is 11.9 Å². The lowest BCUT2D eigenvalue weighted by atomic mass is 9.97. The number of aliphatic carboxylic acids is 2. The largest absolute Gasteiger partial charge is 0.481 e. The van der Waals surface area contributed by atoms with Gasteiger partial charge in [-0.05, 0) is 109 Å². The van der Waals surface area contributed by atoms with Gasteiger partial charge in [0.25, 0.3) is 0 Å². The first-order valence-electron chi connectivity index (χ1n) is 25.5. The van der Waals surface area contributed by atoms with E-state index < -0.39 is 114 Å². The zero-order valence-electron chi connectivity index (χ0n) is 43.8. The third kappa shape index (κ3) is 32.1. The van der Waals surface area contributed by atoms with Crippen LogP contribution in [0.15, 0.2) is 9.98 Å². The highest BCUT2D eigenvalue weighted by molar-refractivity contribution is 5.95. The predicted octanol–water partition coefficient (Wildman–Crippen LogP) is -4.60. The minimum atomic E-state index is -1.33. The Bertz CT molecular complexity index is 1880. The second kappa shape index (κ2) is 39.6. The summed E-state index contributed by atoms with van der Waals surface area (Å²) < 4.78 is 0. The molecule has 0 rings (SSSR count). The molecule has 0 aliphatic heterocycles. The summed E-state index contributed by atoms with van der Waals surface area (Å²) in [4.78, 5) is 136. The molecule has 0 saturated heterocycles. The van der Waals surface area contributed by atoms with Crippen molar-refractivity contribution < 1.29 is 58.2 Å². The highest BCUT2D eigenvalue weighted by Crippen LogP contribution is 2.11. The van der Waals surface area contributed by atoms with Crippen LogP contribution in [-0.4, -0.2) is 163 Å². The molecule has 428 valence electrons. The third-order valence-corrected chi connectivity index (χ3v) is 11.6. The summed E-state index contributed by atoms with van der Waals surface area (Å²) in [6.45, 7) is 5.99. The average molecular weight is 1070 g/mol. The van der Waals surface area contributed by atoms with E-state index in [9.17, 15) is 58.2 Å². The smallest absolute Gasteiger partial charge is 0.326 e. The van der Waals surface area contributed by atoms with Crippen LogP contribution in [-0.2, 0) is 47.9 Å². The van der Waals surface area contributed by atoms with Gasteiger partial charge >= 0.3 is 11.9 Å². The van der Waals surface area contributed by atoms with Crippen molar-refractivity contribution in [3.8, 4) is 0 Å². The van der Waals surface area contributed by atoms with Crippen molar-refractivity contribution in [2.75, 3.05) is 39.3 Å². The first kappa shape index (κ1) is 68.1. The molecule has 0 fully saturated rings. The minimum absolute atomic E-state index is 0.0148. The first-order chi connectivity index (χ1) is 35.5. The molecule has 0 radical (unpaired) electrons. The van der Waals surface area contributed by atoms with Gasteiger partial charge in [0, 0.05) is 45.4 Å². The van der Waals surface area contributed by atoms with Crippen LogP contribution in [0.4, 0.5) is 0 Å². The van der Waals surface area contributed by atoms with E-state index in [0.29, 0.717) is 58.0 Å². The van der Waals surface area contributed by atoms with Gasteiger partial charge in [-0.15, -0.1) is 0 Å². The van der Waals surface area contributed by atoms with Crippen molar-refractivity contribution in [3.63, 3.8) is 0 Å². The number of carbonyl (C=O) groups is 10. The van der Waals surface area contributed by atoms with E-state index in [1.165, 1.54) is 6.92 Å². The molecule has 8 atom stereocenters. The van der Waals surface area contributed by atoms with Crippen LogP contribution in [0.3, 0.4) is 0 Å². The summed E-state index contributed by atoms with van der Waals surface area (Å²) in [7, 11) is 0. The second-order valence-corrected chi connectivity index (χ2v) is 18.1. The van der Waals surface area contributed by atoms with E-state index in [2.05, 4.69) is 52.5 Å². The summed E-state index contributed by atoms with van der Waals surface area (Å²) in [5.74, 6) is -8.22. The third-order valence-electron chi connectivity index (χ3n) is 11.6. The number of hydrogen-bond donors (Lipinski definition) is 17. The van der Waals surface area contributed by atoms with E-state index in [-0.39, 0.29) is 95.9 Å². The van der Waals surface area contributed by atoms with Crippen LogP contribution in [0.2, 0.25) is 0 Å². The summed E-state index contributed by atoms with van der Waals surface area (Å²) in [6.07, 6.45) is 2.99. The molecule has 0 bridgehead atoms. The highest BCUT2D eigenvalue weighted by Gasteiger charge is 2.32. The first-order valence-corrected chi connectivity index (χ1v) is 25.5. The van der Waals surface area contributed by atoms with Crippen molar-refractivity contribution in [2.45, 2.75) is 172 Å². The van der Waals surface area contributed by atoms with E-state index >= 15 is 0 Å². The van der Waals surface area contributed by atoms with Gasteiger partial charge in [-0.3, -0.25) is 53.1 Å². The van der Waals surface area contributed by atoms with E-state index in [1.807, 2.05) is 0 Å². The molecule has 0 aromatic carbocycles. The van der Waals surface area contributed by atoms with Crippen LogP contribution < -0.4 is 82.7 Å². The van der Waals surface area contributed by atoms with Crippen LogP contribution in [0.5, 0.6) is 0 Å². The summed E-state index contributed by atoms with van der Waals surface area (Å²) >= 11 is 0. The van der Waals surface area contributed by atoms with Crippen LogP contribution >= 0.6 is 0 Å². The van der Waals surface area contributed by atoms with Crippen molar-refractivity contribution in [2.24, 2.45) is 56.0 Å². The minimum Gasteiger partial charge on any atom is -0.481 e. The lowest BCUT2D eigenvalue weighted by Crippen LogP contribution is -2.57. The van der Waals surface area contributed by atoms with Crippen molar-refractivity contribution in [1.82, 2.24) is 42.5 Å². The number of nitrogens with one attached hydrogen (secondary N) is 8. The van der Waals surface area contributed by atoms with Crippen molar-refractivity contribution in [3.05, 3.63) is 0 Å². The van der Waals surface area contributed by atoms with Gasteiger partial charge in [0.1, 0.15) is 36.3 Å². The zero-order chi connectivity index (χ0) is 56.9. The van der Waals surface area contributed by atoms with Crippen molar-refractivity contribution >= 4 is 71.1 Å². The SMILES string of the molecule is CC[C@H](C)[C@H](NC(=O)[C@H](CCC(=O)O)NC(=O)[C@@H](N)CCCN=C(N)N)C(=O)NCCCC(=O)N[C@@H](C)C(=O)N[C@@H](CCCCN)C(=O)N[C@@H](CCCCN)C(=O)NCCCC(=O)N[C@@H](CCCN=C(N)N)C(=O)O. The molecule has 0 aliphatic rings. The number of hydrogen-bond acceptors (Lipinski definition) is 15. The molecule has 24 N–H and O–H groups in total. The Kier molecular flexibility index (Phi) is 35.9. The van der Waals surface area contributed by atoms with Gasteiger partial charge < -0.3 is 92.9 Å². The van der Waals surface area contributed by atoms with Crippen LogP contribution in [0.25, 0.3) is 0 Å². The Morgan fingerprint density at radius 2 is 0.933 bits per heavy atom. The lowest BCUT2D eigenvalue weighted by molar-refractivity contribution is -0.142. The number of amides is 8. The van der Waals surface area contributed by atoms with E-state index in [1.54, 1.807) is 13.8 Å². The Morgan fingerprint density at radius 3 is 1.44 bits per heavy atom. The van der Waals surface area contributed by atoms with Gasteiger partial charge in [-0.2, -0.15) is 0 Å². The molecule has 0 saturated carbocycles. The number of unbranched alkanes of at least 4 members (excludes halogenated alkanes) is 2. The van der Waals surface area contributed by atoms with Crippen LogP contribution in [0.1, 0.15) is 130 Å². The number of rotatable bonds is 42. The molecule has 0 unspecified atom stereocenters. The monoisotopic (exact) mass is 1070 g/mol. The fourth-order valence-electron chi connectivity index (χ4n) is 7.07. The van der Waals surface area contributed by atoms with Crippen molar-refractivity contribution in [1.29, 1.82) is 0 Å². The molecule has 0 aliphatic carbocycles.